The summed E-state index contributed by atoms with van der Waals surface area (Å²) in [7, 11) is -3.73. The number of aromatic nitrogens is 1. The zero-order valence-corrected chi connectivity index (χ0v) is 19.0. The van der Waals surface area contributed by atoms with Crippen LogP contribution in [0.4, 0.5) is 0 Å². The molecule has 0 bridgehead atoms. The van der Waals surface area contributed by atoms with Gasteiger partial charge >= 0.3 is 4.87 Å². The molecule has 0 saturated carbocycles. The van der Waals surface area contributed by atoms with Crippen molar-refractivity contribution in [2.24, 2.45) is 0 Å². The molecule has 0 fully saturated rings. The average Bonchev–Trinajstić information content (AvgIpc) is 3.08. The molecule has 3 aromatic carbocycles. The number of hydrogen-bond donors (Lipinski definition) is 1. The van der Waals surface area contributed by atoms with Gasteiger partial charge in [0.15, 0.2) is 0 Å². The van der Waals surface area contributed by atoms with Gasteiger partial charge in [-0.15, -0.1) is 0 Å². The quantitative estimate of drug-likeness (QED) is 0.441. The molecule has 160 valence electrons. The normalized spacial score (nSPS) is 12.8. The maximum Gasteiger partial charge on any atom is 0.308 e. The number of rotatable bonds is 7. The van der Waals surface area contributed by atoms with E-state index in [9.17, 15) is 13.2 Å². The number of benzene rings is 3. The number of sulfonamides is 1. The summed E-state index contributed by atoms with van der Waals surface area (Å²) in [6, 6.07) is 22.1. The van der Waals surface area contributed by atoms with E-state index < -0.39 is 10.0 Å². The molecular weight excluding hydrogens is 428 g/mol. The Morgan fingerprint density at radius 1 is 0.968 bits per heavy atom. The van der Waals surface area contributed by atoms with Crippen LogP contribution in [-0.4, -0.2) is 13.0 Å². The minimum Gasteiger partial charge on any atom is -0.294 e. The number of nitrogens with zero attached hydrogens (tertiary/aromatic N) is 1. The van der Waals surface area contributed by atoms with Crippen molar-refractivity contribution in [2.75, 3.05) is 0 Å². The van der Waals surface area contributed by atoms with E-state index in [4.69, 9.17) is 0 Å². The lowest BCUT2D eigenvalue weighted by atomic mass is 10.1. The van der Waals surface area contributed by atoms with Crippen molar-refractivity contribution in [1.82, 2.24) is 9.29 Å². The second-order valence-corrected chi connectivity index (χ2v) is 10.2. The second kappa shape index (κ2) is 8.78. The van der Waals surface area contributed by atoms with E-state index in [1.807, 2.05) is 61.5 Å². The highest BCUT2D eigenvalue weighted by molar-refractivity contribution is 7.89. The molecule has 1 heterocycles. The molecule has 1 N–H and O–H groups in total. The van der Waals surface area contributed by atoms with Gasteiger partial charge in [-0.1, -0.05) is 72.9 Å². The number of nitrogens with one attached hydrogen (secondary N) is 1. The lowest BCUT2D eigenvalue weighted by Gasteiger charge is -2.15. The van der Waals surface area contributed by atoms with Crippen LogP contribution in [0.15, 0.2) is 82.5 Å². The largest absolute Gasteiger partial charge is 0.308 e. The van der Waals surface area contributed by atoms with Gasteiger partial charge in [-0.25, -0.2) is 13.1 Å². The van der Waals surface area contributed by atoms with E-state index >= 15 is 0 Å². The van der Waals surface area contributed by atoms with Crippen molar-refractivity contribution in [3.63, 3.8) is 0 Å². The van der Waals surface area contributed by atoms with Crippen LogP contribution in [0.25, 0.3) is 10.2 Å². The molecule has 4 aromatic rings. The average molecular weight is 453 g/mol. The molecule has 0 spiro atoms. The number of aryl methyl sites for hydroxylation is 1. The predicted molar refractivity (Wildman–Crippen MR) is 126 cm³/mol. The monoisotopic (exact) mass is 452 g/mol. The molecule has 0 radical (unpaired) electrons. The Bertz CT molecular complexity index is 1360. The lowest BCUT2D eigenvalue weighted by molar-refractivity contribution is 0.567. The first-order valence-corrected chi connectivity index (χ1v) is 12.5. The molecule has 5 nitrogen and oxygen atoms in total. The Hall–Kier alpha value is -2.74. The summed E-state index contributed by atoms with van der Waals surface area (Å²) in [5.41, 5.74) is 3.87. The van der Waals surface area contributed by atoms with Crippen molar-refractivity contribution in [3.8, 4) is 0 Å². The first kappa shape index (κ1) is 21.5. The molecule has 31 heavy (non-hydrogen) atoms. The van der Waals surface area contributed by atoms with Gasteiger partial charge in [-0.05, 0) is 48.2 Å². The first-order chi connectivity index (χ1) is 14.9. The van der Waals surface area contributed by atoms with E-state index in [-0.39, 0.29) is 15.8 Å². The lowest BCUT2D eigenvalue weighted by Crippen LogP contribution is -2.26. The van der Waals surface area contributed by atoms with Crippen molar-refractivity contribution >= 4 is 31.6 Å². The fourth-order valence-electron chi connectivity index (χ4n) is 3.54. The fraction of sp³-hybridized carbons (Fsp3) is 0.208. The predicted octanol–water partition coefficient (Wildman–Crippen LogP) is 4.71. The zero-order valence-electron chi connectivity index (χ0n) is 17.4. The molecule has 0 aliphatic rings. The Labute approximate surface area is 186 Å². The van der Waals surface area contributed by atoms with Gasteiger partial charge in [-0.3, -0.25) is 9.36 Å². The minimum atomic E-state index is -3.73. The summed E-state index contributed by atoms with van der Waals surface area (Å²) in [4.78, 5) is 12.6. The molecule has 0 aliphatic heterocycles. The van der Waals surface area contributed by atoms with Gasteiger partial charge in [0.1, 0.15) is 0 Å². The zero-order chi connectivity index (χ0) is 22.0. The Balaban J connectivity index is 1.60. The van der Waals surface area contributed by atoms with Crippen molar-refractivity contribution < 1.29 is 8.42 Å². The molecule has 4 rings (SSSR count). The fourth-order valence-corrected chi connectivity index (χ4v) is 5.80. The van der Waals surface area contributed by atoms with Crippen LogP contribution in [0.3, 0.4) is 0 Å². The third-order valence-corrected chi connectivity index (χ3v) is 7.83. The molecule has 0 unspecified atom stereocenters. The van der Waals surface area contributed by atoms with E-state index in [0.717, 1.165) is 34.4 Å². The summed E-state index contributed by atoms with van der Waals surface area (Å²) in [5, 5.41) is 0. The van der Waals surface area contributed by atoms with Gasteiger partial charge in [-0.2, -0.15) is 0 Å². The standard InChI is InChI=1S/C24H24N2O3S2/c1-3-18-9-11-20(12-10-18)17(2)25-31(28,29)21-13-14-22-23(15-21)30-24(27)26(22)16-19-7-5-4-6-8-19/h4-15,17,25H,3,16H2,1-2H3/t17-/m0/s1. The van der Waals surface area contributed by atoms with Crippen LogP contribution in [0, 0.1) is 0 Å². The summed E-state index contributed by atoms with van der Waals surface area (Å²) in [5.74, 6) is 0. The second-order valence-electron chi connectivity index (χ2n) is 7.51. The van der Waals surface area contributed by atoms with Crippen LogP contribution in [-0.2, 0) is 23.0 Å². The van der Waals surface area contributed by atoms with Crippen molar-refractivity contribution in [3.05, 3.63) is 99.2 Å². The van der Waals surface area contributed by atoms with Gasteiger partial charge in [0.05, 0.1) is 21.7 Å². The SMILES string of the molecule is CCc1ccc([C@H](C)NS(=O)(=O)c2ccc3c(c2)sc(=O)n3Cc2ccccc2)cc1. The molecule has 1 aromatic heterocycles. The van der Waals surface area contributed by atoms with Crippen LogP contribution in [0.2, 0.25) is 0 Å². The molecule has 7 heteroatoms. The van der Waals surface area contributed by atoms with E-state index in [1.54, 1.807) is 22.8 Å². The Morgan fingerprint density at radius 2 is 1.68 bits per heavy atom. The summed E-state index contributed by atoms with van der Waals surface area (Å²) < 4.78 is 31.0. The van der Waals surface area contributed by atoms with Crippen molar-refractivity contribution in [1.29, 1.82) is 0 Å². The van der Waals surface area contributed by atoms with Crippen molar-refractivity contribution in [2.45, 2.75) is 37.8 Å². The number of hydrogen-bond acceptors (Lipinski definition) is 4. The third-order valence-electron chi connectivity index (χ3n) is 5.35. The third kappa shape index (κ3) is 4.63. The first-order valence-electron chi connectivity index (χ1n) is 10.2. The maximum absolute atomic E-state index is 13.0. The topological polar surface area (TPSA) is 68.2 Å². The molecule has 0 aliphatic carbocycles. The smallest absolute Gasteiger partial charge is 0.294 e. The van der Waals surface area contributed by atoms with Crippen LogP contribution < -0.4 is 9.60 Å². The molecular formula is C24H24N2O3S2. The molecule has 0 amide bonds. The summed E-state index contributed by atoms with van der Waals surface area (Å²) in [6.07, 6.45) is 0.938. The maximum atomic E-state index is 13.0. The van der Waals surface area contributed by atoms with Gasteiger partial charge in [0.25, 0.3) is 0 Å². The van der Waals surface area contributed by atoms with Crippen LogP contribution in [0.5, 0.6) is 0 Å². The van der Waals surface area contributed by atoms with E-state index in [0.29, 0.717) is 11.2 Å². The van der Waals surface area contributed by atoms with E-state index in [1.165, 1.54) is 5.56 Å². The minimum absolute atomic E-state index is 0.106. The highest BCUT2D eigenvalue weighted by atomic mass is 32.2. The summed E-state index contributed by atoms with van der Waals surface area (Å²) >= 11 is 1.06. The number of thiazole rings is 1. The Morgan fingerprint density at radius 3 is 2.35 bits per heavy atom. The van der Waals surface area contributed by atoms with Crippen LogP contribution >= 0.6 is 11.3 Å². The highest BCUT2D eigenvalue weighted by Crippen LogP contribution is 2.24. The summed E-state index contributed by atoms with van der Waals surface area (Å²) in [6.45, 7) is 4.36. The van der Waals surface area contributed by atoms with Gasteiger partial charge < -0.3 is 0 Å². The molecule has 0 saturated heterocycles. The van der Waals surface area contributed by atoms with E-state index in [2.05, 4.69) is 11.6 Å². The van der Waals surface area contributed by atoms with Gasteiger partial charge in [0, 0.05) is 6.04 Å². The van der Waals surface area contributed by atoms with Gasteiger partial charge in [0.2, 0.25) is 10.0 Å². The number of fused-ring (bicyclic) bond motifs is 1. The van der Waals surface area contributed by atoms with Crippen LogP contribution in [0.1, 0.15) is 36.6 Å². The Kier molecular flexibility index (Phi) is 6.09. The highest BCUT2D eigenvalue weighted by Gasteiger charge is 2.20. The molecule has 1 atom stereocenters.